The fourth-order valence-electron chi connectivity index (χ4n) is 0.936. The van der Waals surface area contributed by atoms with Crippen LogP contribution in [0.1, 0.15) is 26.7 Å². The smallest absolute Gasteiger partial charge is 0.321 e. The lowest BCUT2D eigenvalue weighted by Crippen LogP contribution is -2.46. The van der Waals surface area contributed by atoms with Crippen molar-refractivity contribution in [2.75, 3.05) is 12.4 Å². The van der Waals surface area contributed by atoms with Crippen LogP contribution >= 0.6 is 11.8 Å². The van der Waals surface area contributed by atoms with E-state index in [0.717, 1.165) is 18.6 Å². The van der Waals surface area contributed by atoms with Gasteiger partial charge in [-0.3, -0.25) is 4.79 Å². The molecular formula is C9H19NO3S. The van der Waals surface area contributed by atoms with E-state index in [1.54, 1.807) is 0 Å². The minimum Gasteiger partial charge on any atom is -0.480 e. The van der Waals surface area contributed by atoms with E-state index in [9.17, 15) is 4.79 Å². The van der Waals surface area contributed by atoms with Crippen molar-refractivity contribution in [3.8, 4) is 0 Å². The van der Waals surface area contributed by atoms with E-state index in [1.807, 2.05) is 13.8 Å². The van der Waals surface area contributed by atoms with Gasteiger partial charge < -0.3 is 15.9 Å². The van der Waals surface area contributed by atoms with Gasteiger partial charge in [0.2, 0.25) is 0 Å². The van der Waals surface area contributed by atoms with Crippen molar-refractivity contribution in [3.05, 3.63) is 0 Å². The quantitative estimate of drug-likeness (QED) is 0.551. The molecule has 14 heavy (non-hydrogen) atoms. The molecule has 0 heterocycles. The van der Waals surface area contributed by atoms with Gasteiger partial charge in [0.25, 0.3) is 0 Å². The predicted octanol–water partition coefficient (Wildman–Crippen LogP) is 0.683. The Kier molecular flexibility index (Phi) is 6.15. The topological polar surface area (TPSA) is 83.5 Å². The van der Waals surface area contributed by atoms with Gasteiger partial charge in [0.05, 0.1) is 0 Å². The Hall–Kier alpha value is -0.260. The molecule has 5 heteroatoms. The number of aliphatic carboxylic acids is 1. The zero-order valence-corrected chi connectivity index (χ0v) is 9.51. The number of aliphatic hydroxyl groups is 1. The van der Waals surface area contributed by atoms with Gasteiger partial charge in [-0.1, -0.05) is 0 Å². The normalized spacial score (nSPS) is 14.0. The number of hydrogen-bond donors (Lipinski definition) is 3. The zero-order valence-electron chi connectivity index (χ0n) is 8.69. The first kappa shape index (κ1) is 13.7. The molecule has 4 N–H and O–H groups in total. The van der Waals surface area contributed by atoms with E-state index in [2.05, 4.69) is 0 Å². The van der Waals surface area contributed by atoms with Crippen molar-refractivity contribution >= 4 is 17.7 Å². The molecule has 0 spiro atoms. The summed E-state index contributed by atoms with van der Waals surface area (Å²) in [5, 5.41) is 17.3. The van der Waals surface area contributed by atoms with Crippen LogP contribution in [0.4, 0.5) is 0 Å². The minimum absolute atomic E-state index is 0.186. The van der Waals surface area contributed by atoms with Crippen LogP contribution in [0.5, 0.6) is 0 Å². The average Bonchev–Trinajstić information content (AvgIpc) is 2.11. The molecule has 0 aromatic rings. The molecule has 0 amide bonds. The first-order chi connectivity index (χ1) is 6.41. The standard InChI is InChI=1S/C9H19NO3S/c1-9(2,7(10)8(12)13)14-6-4-3-5-11/h7,11H,3-6,10H2,1-2H3,(H,12,13)/t7-/m1/s1. The van der Waals surface area contributed by atoms with Crippen LogP contribution in [-0.2, 0) is 4.79 Å². The highest BCUT2D eigenvalue weighted by molar-refractivity contribution is 8.00. The summed E-state index contributed by atoms with van der Waals surface area (Å²) in [5.74, 6) is -0.140. The summed E-state index contributed by atoms with van der Waals surface area (Å²) in [4.78, 5) is 10.7. The molecule has 0 bridgehead atoms. The maximum absolute atomic E-state index is 10.7. The molecule has 0 aliphatic rings. The molecule has 0 saturated carbocycles. The van der Waals surface area contributed by atoms with Gasteiger partial charge in [0.15, 0.2) is 0 Å². The summed E-state index contributed by atoms with van der Waals surface area (Å²) in [6.45, 7) is 3.84. The number of nitrogens with two attached hydrogens (primary N) is 1. The van der Waals surface area contributed by atoms with Gasteiger partial charge in [-0.05, 0) is 32.4 Å². The average molecular weight is 221 g/mol. The van der Waals surface area contributed by atoms with E-state index in [-0.39, 0.29) is 6.61 Å². The number of aliphatic hydroxyl groups excluding tert-OH is 1. The van der Waals surface area contributed by atoms with Crippen LogP contribution in [0.3, 0.4) is 0 Å². The highest BCUT2D eigenvalue weighted by atomic mass is 32.2. The van der Waals surface area contributed by atoms with Gasteiger partial charge in [0, 0.05) is 11.4 Å². The van der Waals surface area contributed by atoms with Crippen LogP contribution in [0.15, 0.2) is 0 Å². The Morgan fingerprint density at radius 1 is 1.50 bits per heavy atom. The summed E-state index contributed by atoms with van der Waals surface area (Å²) >= 11 is 1.54. The Bertz CT molecular complexity index is 185. The lowest BCUT2D eigenvalue weighted by atomic mass is 10.1. The first-order valence-electron chi connectivity index (χ1n) is 4.65. The maximum atomic E-state index is 10.7. The number of unbranched alkanes of at least 4 members (excludes halogenated alkanes) is 1. The van der Waals surface area contributed by atoms with E-state index in [4.69, 9.17) is 15.9 Å². The molecule has 0 saturated heterocycles. The number of hydrogen-bond acceptors (Lipinski definition) is 4. The van der Waals surface area contributed by atoms with Crippen molar-refractivity contribution in [1.82, 2.24) is 0 Å². The van der Waals surface area contributed by atoms with Crippen LogP contribution in [0, 0.1) is 0 Å². The monoisotopic (exact) mass is 221 g/mol. The Labute approximate surface area is 88.9 Å². The maximum Gasteiger partial charge on any atom is 0.321 e. The second-order valence-electron chi connectivity index (χ2n) is 3.70. The molecule has 0 aliphatic carbocycles. The first-order valence-corrected chi connectivity index (χ1v) is 5.63. The highest BCUT2D eigenvalue weighted by Crippen LogP contribution is 2.28. The van der Waals surface area contributed by atoms with Gasteiger partial charge in [-0.2, -0.15) is 11.8 Å². The third-order valence-corrected chi connectivity index (χ3v) is 3.53. The van der Waals surface area contributed by atoms with Crippen molar-refractivity contribution < 1.29 is 15.0 Å². The van der Waals surface area contributed by atoms with Gasteiger partial charge in [0.1, 0.15) is 6.04 Å². The van der Waals surface area contributed by atoms with E-state index < -0.39 is 16.8 Å². The van der Waals surface area contributed by atoms with Gasteiger partial charge >= 0.3 is 5.97 Å². The second-order valence-corrected chi connectivity index (χ2v) is 5.45. The lowest BCUT2D eigenvalue weighted by Gasteiger charge is -2.27. The zero-order chi connectivity index (χ0) is 11.2. The highest BCUT2D eigenvalue weighted by Gasteiger charge is 2.32. The number of thioether (sulfide) groups is 1. The molecule has 0 aromatic carbocycles. The number of rotatable bonds is 7. The second kappa shape index (κ2) is 6.27. The van der Waals surface area contributed by atoms with Crippen molar-refractivity contribution in [3.63, 3.8) is 0 Å². The fraction of sp³-hybridized carbons (Fsp3) is 0.889. The number of carbonyl (C=O) groups is 1. The minimum atomic E-state index is -0.968. The molecule has 1 atom stereocenters. The van der Waals surface area contributed by atoms with Gasteiger partial charge in [-0.25, -0.2) is 0 Å². The molecule has 84 valence electrons. The van der Waals surface area contributed by atoms with E-state index in [1.165, 1.54) is 11.8 Å². The predicted molar refractivity (Wildman–Crippen MR) is 58.5 cm³/mol. The van der Waals surface area contributed by atoms with Crippen LogP contribution in [0.25, 0.3) is 0 Å². The van der Waals surface area contributed by atoms with Crippen molar-refractivity contribution in [2.24, 2.45) is 5.73 Å². The molecule has 4 nitrogen and oxygen atoms in total. The molecule has 0 aliphatic heterocycles. The lowest BCUT2D eigenvalue weighted by molar-refractivity contribution is -0.139. The van der Waals surface area contributed by atoms with Crippen LogP contribution in [0.2, 0.25) is 0 Å². The summed E-state index contributed by atoms with van der Waals surface area (Å²) in [5.41, 5.74) is 5.54. The Morgan fingerprint density at radius 3 is 2.50 bits per heavy atom. The summed E-state index contributed by atoms with van der Waals surface area (Å²) < 4.78 is -0.457. The van der Waals surface area contributed by atoms with Crippen LogP contribution < -0.4 is 5.73 Å². The number of carboxylic acid groups (broad SMARTS) is 1. The van der Waals surface area contributed by atoms with Gasteiger partial charge in [-0.15, -0.1) is 0 Å². The molecule has 0 unspecified atom stereocenters. The largest absolute Gasteiger partial charge is 0.480 e. The van der Waals surface area contributed by atoms with Crippen molar-refractivity contribution in [2.45, 2.75) is 37.5 Å². The molecule has 0 radical (unpaired) electrons. The van der Waals surface area contributed by atoms with Crippen LogP contribution in [-0.4, -0.2) is 39.3 Å². The summed E-state index contributed by atoms with van der Waals surface area (Å²) in [6.07, 6.45) is 1.64. The molecule has 0 aromatic heterocycles. The fourth-order valence-corrected chi connectivity index (χ4v) is 2.09. The Balaban J connectivity index is 3.88. The van der Waals surface area contributed by atoms with Crippen molar-refractivity contribution in [1.29, 1.82) is 0 Å². The summed E-state index contributed by atoms with van der Waals surface area (Å²) in [7, 11) is 0. The molecule has 0 fully saturated rings. The molecular weight excluding hydrogens is 202 g/mol. The third-order valence-electron chi connectivity index (χ3n) is 2.04. The molecule has 0 rings (SSSR count). The number of carboxylic acids is 1. The van der Waals surface area contributed by atoms with E-state index >= 15 is 0 Å². The summed E-state index contributed by atoms with van der Waals surface area (Å²) in [6, 6.07) is -0.846. The SMILES string of the molecule is CC(C)(SCCCCO)[C@H](N)C(=O)O. The third kappa shape index (κ3) is 4.83. The Morgan fingerprint density at radius 2 is 2.07 bits per heavy atom. The van der Waals surface area contributed by atoms with E-state index in [0.29, 0.717) is 0 Å².